The summed E-state index contributed by atoms with van der Waals surface area (Å²) < 4.78 is 5.88. The van der Waals surface area contributed by atoms with Crippen LogP contribution in [0.4, 0.5) is 0 Å². The van der Waals surface area contributed by atoms with Crippen LogP contribution in [0.1, 0.15) is 24.8 Å². The highest BCUT2D eigenvalue weighted by Crippen LogP contribution is 2.22. The van der Waals surface area contributed by atoms with Crippen molar-refractivity contribution < 1.29 is 4.42 Å². The van der Waals surface area contributed by atoms with Crippen LogP contribution in [0.5, 0.6) is 0 Å². The fourth-order valence-electron chi connectivity index (χ4n) is 2.60. The van der Waals surface area contributed by atoms with E-state index >= 15 is 0 Å². The van der Waals surface area contributed by atoms with Crippen LogP contribution in [0.2, 0.25) is 0 Å². The Hall–Kier alpha value is -2.35. The molecule has 1 aromatic heterocycles. The van der Waals surface area contributed by atoms with E-state index in [1.807, 2.05) is 36.5 Å². The molecular formula is C20H21NO. The van der Waals surface area contributed by atoms with Gasteiger partial charge in [-0.1, -0.05) is 67.6 Å². The number of benzene rings is 2. The van der Waals surface area contributed by atoms with Gasteiger partial charge in [0.05, 0.1) is 6.20 Å². The van der Waals surface area contributed by atoms with Gasteiger partial charge in [-0.2, -0.15) is 0 Å². The van der Waals surface area contributed by atoms with Crippen molar-refractivity contribution in [3.05, 3.63) is 78.3 Å². The molecule has 0 spiro atoms. The molecule has 22 heavy (non-hydrogen) atoms. The zero-order valence-corrected chi connectivity index (χ0v) is 12.9. The van der Waals surface area contributed by atoms with Gasteiger partial charge in [0.1, 0.15) is 0 Å². The van der Waals surface area contributed by atoms with Gasteiger partial charge in [0.2, 0.25) is 0 Å². The molecule has 2 nitrogen and oxygen atoms in total. The Morgan fingerprint density at radius 3 is 2.36 bits per heavy atom. The maximum absolute atomic E-state index is 5.88. The Balaban J connectivity index is 1.56. The molecule has 2 aromatic carbocycles. The van der Waals surface area contributed by atoms with Crippen LogP contribution in [0.3, 0.4) is 0 Å². The first-order chi connectivity index (χ1) is 10.8. The summed E-state index contributed by atoms with van der Waals surface area (Å²) in [6, 6.07) is 20.8. The Bertz CT molecular complexity index is 688. The monoisotopic (exact) mass is 291 g/mol. The highest BCUT2D eigenvalue weighted by molar-refractivity contribution is 5.55. The number of aromatic nitrogens is 1. The van der Waals surface area contributed by atoms with Crippen molar-refractivity contribution in [1.82, 2.24) is 4.98 Å². The van der Waals surface area contributed by atoms with Crippen LogP contribution in [0.25, 0.3) is 11.3 Å². The SMILES string of the molecule is C[C@@H](CCc1ccccc1)Cc1ncc(-c2ccccc2)o1. The maximum Gasteiger partial charge on any atom is 0.195 e. The van der Waals surface area contributed by atoms with Gasteiger partial charge in [-0.15, -0.1) is 0 Å². The molecule has 2 heteroatoms. The Labute approximate surface area is 131 Å². The Kier molecular flexibility index (Phi) is 4.69. The lowest BCUT2D eigenvalue weighted by Gasteiger charge is -2.08. The normalized spacial score (nSPS) is 12.2. The highest BCUT2D eigenvalue weighted by atomic mass is 16.4. The summed E-state index contributed by atoms with van der Waals surface area (Å²) in [5.41, 5.74) is 2.48. The van der Waals surface area contributed by atoms with Crippen LogP contribution < -0.4 is 0 Å². The van der Waals surface area contributed by atoms with Crippen LogP contribution >= 0.6 is 0 Å². The maximum atomic E-state index is 5.88. The average molecular weight is 291 g/mol. The molecule has 0 N–H and O–H groups in total. The van der Waals surface area contributed by atoms with Gasteiger partial charge in [0.15, 0.2) is 11.7 Å². The second-order valence-corrected chi connectivity index (χ2v) is 5.82. The third-order valence-corrected chi connectivity index (χ3v) is 3.90. The molecule has 1 heterocycles. The summed E-state index contributed by atoms with van der Waals surface area (Å²) >= 11 is 0. The van der Waals surface area contributed by atoms with Gasteiger partial charge < -0.3 is 4.42 Å². The van der Waals surface area contributed by atoms with E-state index in [0.717, 1.165) is 36.5 Å². The van der Waals surface area contributed by atoms with Gasteiger partial charge in [-0.05, 0) is 24.3 Å². The van der Waals surface area contributed by atoms with Gasteiger partial charge in [-0.25, -0.2) is 4.98 Å². The molecule has 0 amide bonds. The van der Waals surface area contributed by atoms with E-state index in [9.17, 15) is 0 Å². The van der Waals surface area contributed by atoms with Gasteiger partial charge >= 0.3 is 0 Å². The molecule has 0 bridgehead atoms. The van der Waals surface area contributed by atoms with E-state index in [1.54, 1.807) is 0 Å². The highest BCUT2D eigenvalue weighted by Gasteiger charge is 2.10. The van der Waals surface area contributed by atoms with E-state index < -0.39 is 0 Å². The third-order valence-electron chi connectivity index (χ3n) is 3.90. The molecular weight excluding hydrogens is 270 g/mol. The van der Waals surface area contributed by atoms with Crippen LogP contribution in [-0.4, -0.2) is 4.98 Å². The summed E-state index contributed by atoms with van der Waals surface area (Å²) in [5.74, 6) is 2.24. The molecule has 112 valence electrons. The molecule has 0 radical (unpaired) electrons. The van der Waals surface area contributed by atoms with E-state index in [2.05, 4.69) is 42.2 Å². The first-order valence-corrected chi connectivity index (χ1v) is 7.85. The second-order valence-electron chi connectivity index (χ2n) is 5.82. The zero-order chi connectivity index (χ0) is 15.2. The molecule has 0 aliphatic heterocycles. The van der Waals surface area contributed by atoms with Crippen molar-refractivity contribution in [2.45, 2.75) is 26.2 Å². The van der Waals surface area contributed by atoms with Crippen molar-refractivity contribution in [3.63, 3.8) is 0 Å². The number of hydrogen-bond donors (Lipinski definition) is 0. The van der Waals surface area contributed by atoms with Crippen molar-refractivity contribution in [1.29, 1.82) is 0 Å². The van der Waals surface area contributed by atoms with Gasteiger partial charge in [0, 0.05) is 12.0 Å². The third kappa shape index (κ3) is 3.85. The largest absolute Gasteiger partial charge is 0.441 e. The number of oxazole rings is 1. The van der Waals surface area contributed by atoms with Crippen LogP contribution in [-0.2, 0) is 12.8 Å². The summed E-state index contributed by atoms with van der Waals surface area (Å²) in [6.07, 6.45) is 4.97. The average Bonchev–Trinajstić information content (AvgIpc) is 3.03. The second kappa shape index (κ2) is 7.08. The zero-order valence-electron chi connectivity index (χ0n) is 12.9. The lowest BCUT2D eigenvalue weighted by molar-refractivity contribution is 0.434. The number of hydrogen-bond acceptors (Lipinski definition) is 2. The van der Waals surface area contributed by atoms with Crippen molar-refractivity contribution in [2.24, 2.45) is 5.92 Å². The first kappa shape index (κ1) is 14.6. The molecule has 0 aliphatic rings. The van der Waals surface area contributed by atoms with Crippen LogP contribution in [0, 0.1) is 5.92 Å². The minimum atomic E-state index is 0.558. The van der Waals surface area contributed by atoms with Crippen molar-refractivity contribution in [2.75, 3.05) is 0 Å². The van der Waals surface area contributed by atoms with E-state index in [1.165, 1.54) is 5.56 Å². The minimum Gasteiger partial charge on any atom is -0.441 e. The minimum absolute atomic E-state index is 0.558. The summed E-state index contributed by atoms with van der Waals surface area (Å²) in [6.45, 7) is 2.26. The lowest BCUT2D eigenvalue weighted by atomic mass is 9.98. The topological polar surface area (TPSA) is 26.0 Å². The first-order valence-electron chi connectivity index (χ1n) is 7.85. The van der Waals surface area contributed by atoms with Crippen molar-refractivity contribution in [3.8, 4) is 11.3 Å². The molecule has 3 rings (SSSR count). The van der Waals surface area contributed by atoms with E-state index in [-0.39, 0.29) is 0 Å². The number of aryl methyl sites for hydroxylation is 1. The standard InChI is InChI=1S/C20H21NO/c1-16(12-13-17-8-4-2-5-9-17)14-20-21-15-19(22-20)18-10-6-3-7-11-18/h2-11,15-16H,12-14H2,1H3/t16-/m0/s1. The number of nitrogens with zero attached hydrogens (tertiary/aromatic N) is 1. The molecule has 0 saturated heterocycles. The fourth-order valence-corrected chi connectivity index (χ4v) is 2.60. The van der Waals surface area contributed by atoms with E-state index in [4.69, 9.17) is 4.42 Å². The Morgan fingerprint density at radius 2 is 1.64 bits per heavy atom. The summed E-state index contributed by atoms with van der Waals surface area (Å²) in [5, 5.41) is 0. The lowest BCUT2D eigenvalue weighted by Crippen LogP contribution is -2.02. The smallest absolute Gasteiger partial charge is 0.195 e. The van der Waals surface area contributed by atoms with E-state index in [0.29, 0.717) is 5.92 Å². The predicted octanol–water partition coefficient (Wildman–Crippen LogP) is 5.15. The molecule has 3 aromatic rings. The fraction of sp³-hybridized carbons (Fsp3) is 0.250. The Morgan fingerprint density at radius 1 is 0.955 bits per heavy atom. The van der Waals surface area contributed by atoms with Crippen molar-refractivity contribution >= 4 is 0 Å². The molecule has 0 saturated carbocycles. The molecule has 0 unspecified atom stereocenters. The summed E-state index contributed by atoms with van der Waals surface area (Å²) in [4.78, 5) is 4.42. The van der Waals surface area contributed by atoms with Gasteiger partial charge in [0.25, 0.3) is 0 Å². The molecule has 0 aliphatic carbocycles. The predicted molar refractivity (Wildman–Crippen MR) is 89.6 cm³/mol. The molecule has 0 fully saturated rings. The van der Waals surface area contributed by atoms with Gasteiger partial charge in [-0.3, -0.25) is 0 Å². The quantitative estimate of drug-likeness (QED) is 0.627. The summed E-state index contributed by atoms with van der Waals surface area (Å²) in [7, 11) is 0. The molecule has 1 atom stereocenters. The number of rotatable bonds is 6. The van der Waals surface area contributed by atoms with Crippen LogP contribution in [0.15, 0.2) is 71.3 Å².